The fourth-order valence-corrected chi connectivity index (χ4v) is 2.41. The lowest BCUT2D eigenvalue weighted by molar-refractivity contribution is -0.131. The van der Waals surface area contributed by atoms with Gasteiger partial charge in [-0.15, -0.1) is 0 Å². The number of carbonyl (C=O) groups is 1. The van der Waals surface area contributed by atoms with Crippen LogP contribution in [-0.2, 0) is 4.79 Å². The number of benzene rings is 2. The Bertz CT molecular complexity index is 732. The van der Waals surface area contributed by atoms with Gasteiger partial charge in [0.1, 0.15) is 11.6 Å². The zero-order valence-electron chi connectivity index (χ0n) is 13.8. The number of hydrogen-bond donors (Lipinski definition) is 1. The number of halogens is 2. The molecule has 0 bridgehead atoms. The molecule has 0 saturated heterocycles. The van der Waals surface area contributed by atoms with Gasteiger partial charge in [-0.2, -0.15) is 0 Å². The molecule has 128 valence electrons. The summed E-state index contributed by atoms with van der Waals surface area (Å²) in [4.78, 5) is 14.3. The van der Waals surface area contributed by atoms with Gasteiger partial charge >= 0.3 is 0 Å². The Morgan fingerprint density at radius 1 is 1.25 bits per heavy atom. The number of nitrogen functional groups attached to an aromatic ring is 1. The van der Waals surface area contributed by atoms with E-state index < -0.39 is 11.4 Å². The van der Waals surface area contributed by atoms with Crippen LogP contribution in [0, 0.1) is 5.82 Å². The van der Waals surface area contributed by atoms with Crippen LogP contribution in [0.3, 0.4) is 0 Å². The van der Waals surface area contributed by atoms with Gasteiger partial charge in [-0.3, -0.25) is 4.79 Å². The van der Waals surface area contributed by atoms with E-state index in [4.69, 9.17) is 22.1 Å². The minimum absolute atomic E-state index is 0.0136. The number of rotatable bonds is 5. The first-order valence-corrected chi connectivity index (χ1v) is 7.94. The van der Waals surface area contributed by atoms with E-state index in [-0.39, 0.29) is 10.9 Å². The highest BCUT2D eigenvalue weighted by atomic mass is 35.5. The van der Waals surface area contributed by atoms with Crippen molar-refractivity contribution in [3.05, 3.63) is 53.3 Å². The first kappa shape index (κ1) is 18.1. The van der Waals surface area contributed by atoms with Crippen LogP contribution < -0.4 is 15.4 Å². The summed E-state index contributed by atoms with van der Waals surface area (Å²) in [5, 5.41) is 0.0136. The molecular formula is C18H20ClFN2O2. The molecule has 0 spiro atoms. The quantitative estimate of drug-likeness (QED) is 0.819. The fourth-order valence-electron chi connectivity index (χ4n) is 2.30. The molecule has 1 amide bonds. The maximum atomic E-state index is 13.7. The average Bonchev–Trinajstić information content (AvgIpc) is 2.53. The number of nitrogens with zero attached hydrogens (tertiary/aromatic N) is 1. The molecule has 0 saturated carbocycles. The van der Waals surface area contributed by atoms with Crippen molar-refractivity contribution in [2.24, 2.45) is 0 Å². The van der Waals surface area contributed by atoms with Crippen LogP contribution in [-0.4, -0.2) is 18.1 Å². The topological polar surface area (TPSA) is 55.6 Å². The Morgan fingerprint density at radius 2 is 1.88 bits per heavy atom. The van der Waals surface area contributed by atoms with Gasteiger partial charge < -0.3 is 15.4 Å². The number of likely N-dealkylation sites (N-methyl/N-ethyl adjacent to an activating group) is 1. The third-order valence-corrected chi connectivity index (χ3v) is 3.85. The molecule has 0 heterocycles. The molecule has 2 aromatic carbocycles. The van der Waals surface area contributed by atoms with E-state index in [1.54, 1.807) is 44.2 Å². The lowest BCUT2D eigenvalue weighted by Crippen LogP contribution is -2.49. The monoisotopic (exact) mass is 350 g/mol. The third-order valence-electron chi connectivity index (χ3n) is 3.54. The van der Waals surface area contributed by atoms with Gasteiger partial charge in [0.25, 0.3) is 5.91 Å². The number of nitrogens with two attached hydrogens (primary N) is 1. The molecular weight excluding hydrogens is 331 g/mol. The summed E-state index contributed by atoms with van der Waals surface area (Å²) in [6, 6.07) is 11.1. The van der Waals surface area contributed by atoms with Gasteiger partial charge in [0, 0.05) is 17.9 Å². The van der Waals surface area contributed by atoms with Crippen LogP contribution >= 0.6 is 11.6 Å². The Morgan fingerprint density at radius 3 is 2.42 bits per heavy atom. The third kappa shape index (κ3) is 3.97. The molecule has 2 aromatic rings. The van der Waals surface area contributed by atoms with E-state index in [0.29, 0.717) is 23.7 Å². The van der Waals surface area contributed by atoms with Crippen LogP contribution in [0.4, 0.5) is 15.8 Å². The van der Waals surface area contributed by atoms with Gasteiger partial charge in [0.05, 0.1) is 5.02 Å². The SMILES string of the molecule is CCN(C(=O)C(C)(C)Oc1ccc(N)cc1)c1ccc(Cl)c(F)c1. The molecule has 0 aliphatic heterocycles. The van der Waals surface area contributed by atoms with Gasteiger partial charge in [0.15, 0.2) is 5.60 Å². The van der Waals surface area contributed by atoms with Crippen LogP contribution in [0.25, 0.3) is 0 Å². The summed E-state index contributed by atoms with van der Waals surface area (Å²) in [6.07, 6.45) is 0. The average molecular weight is 351 g/mol. The molecule has 2 N–H and O–H groups in total. The van der Waals surface area contributed by atoms with Crippen molar-refractivity contribution in [1.82, 2.24) is 0 Å². The highest BCUT2D eigenvalue weighted by Gasteiger charge is 2.34. The smallest absolute Gasteiger partial charge is 0.270 e. The highest BCUT2D eigenvalue weighted by Crippen LogP contribution is 2.26. The normalized spacial score (nSPS) is 11.2. The van der Waals surface area contributed by atoms with E-state index in [9.17, 15) is 9.18 Å². The minimum Gasteiger partial charge on any atom is -0.478 e. The molecule has 0 fully saturated rings. The van der Waals surface area contributed by atoms with Crippen LogP contribution in [0.2, 0.25) is 5.02 Å². The molecule has 6 heteroatoms. The Labute approximate surface area is 146 Å². The van der Waals surface area contributed by atoms with Crippen molar-refractivity contribution in [2.75, 3.05) is 17.2 Å². The zero-order valence-corrected chi connectivity index (χ0v) is 14.6. The van der Waals surface area contributed by atoms with Crippen molar-refractivity contribution >= 4 is 28.9 Å². The molecule has 0 aliphatic rings. The van der Waals surface area contributed by atoms with E-state index in [1.807, 2.05) is 6.92 Å². The second-order valence-electron chi connectivity index (χ2n) is 5.83. The molecule has 0 atom stereocenters. The van der Waals surface area contributed by atoms with Crippen molar-refractivity contribution < 1.29 is 13.9 Å². The largest absolute Gasteiger partial charge is 0.478 e. The predicted octanol–water partition coefficient (Wildman–Crippen LogP) is 4.27. The maximum absolute atomic E-state index is 13.7. The number of hydrogen-bond acceptors (Lipinski definition) is 3. The van der Waals surface area contributed by atoms with Gasteiger partial charge in [-0.25, -0.2) is 4.39 Å². The second-order valence-corrected chi connectivity index (χ2v) is 6.24. The zero-order chi connectivity index (χ0) is 17.9. The molecule has 0 aromatic heterocycles. The minimum atomic E-state index is -1.14. The van der Waals surface area contributed by atoms with E-state index in [1.165, 1.54) is 17.0 Å². The molecule has 0 radical (unpaired) electrons. The Kier molecular flexibility index (Phi) is 5.34. The standard InChI is InChI=1S/C18H20ClFN2O2/c1-4-22(13-7-10-15(19)16(20)11-13)17(23)18(2,3)24-14-8-5-12(21)6-9-14/h5-11H,4,21H2,1-3H3. The number of carbonyl (C=O) groups excluding carboxylic acids is 1. The highest BCUT2D eigenvalue weighted by molar-refractivity contribution is 6.30. The number of amides is 1. The summed E-state index contributed by atoms with van der Waals surface area (Å²) >= 11 is 5.70. The molecule has 2 rings (SSSR count). The second kappa shape index (κ2) is 7.09. The lowest BCUT2D eigenvalue weighted by Gasteiger charge is -2.32. The lowest BCUT2D eigenvalue weighted by atomic mass is 10.1. The summed E-state index contributed by atoms with van der Waals surface area (Å²) in [5.41, 5.74) is 5.55. The maximum Gasteiger partial charge on any atom is 0.270 e. The van der Waals surface area contributed by atoms with E-state index >= 15 is 0 Å². The number of anilines is 2. The first-order valence-electron chi connectivity index (χ1n) is 7.56. The Balaban J connectivity index is 2.25. The van der Waals surface area contributed by atoms with Crippen LogP contribution in [0.5, 0.6) is 5.75 Å². The summed E-state index contributed by atoms with van der Waals surface area (Å²) in [7, 11) is 0. The first-order chi connectivity index (χ1) is 11.2. The summed E-state index contributed by atoms with van der Waals surface area (Å²) in [5.74, 6) is -0.331. The van der Waals surface area contributed by atoms with Crippen LogP contribution in [0.1, 0.15) is 20.8 Å². The fraction of sp³-hybridized carbons (Fsp3) is 0.278. The van der Waals surface area contributed by atoms with Gasteiger partial charge in [-0.05, 0) is 63.2 Å². The molecule has 24 heavy (non-hydrogen) atoms. The van der Waals surface area contributed by atoms with Crippen LogP contribution in [0.15, 0.2) is 42.5 Å². The van der Waals surface area contributed by atoms with E-state index in [2.05, 4.69) is 0 Å². The van der Waals surface area contributed by atoms with Crippen molar-refractivity contribution in [3.8, 4) is 5.75 Å². The summed E-state index contributed by atoms with van der Waals surface area (Å²) < 4.78 is 19.5. The summed E-state index contributed by atoms with van der Waals surface area (Å²) in [6.45, 7) is 5.51. The van der Waals surface area contributed by atoms with Gasteiger partial charge in [0.2, 0.25) is 0 Å². The van der Waals surface area contributed by atoms with Crippen molar-refractivity contribution in [2.45, 2.75) is 26.4 Å². The predicted molar refractivity (Wildman–Crippen MR) is 95.0 cm³/mol. The molecule has 0 aliphatic carbocycles. The van der Waals surface area contributed by atoms with E-state index in [0.717, 1.165) is 0 Å². The molecule has 0 unspecified atom stereocenters. The Hall–Kier alpha value is -2.27. The van der Waals surface area contributed by atoms with Crippen molar-refractivity contribution in [1.29, 1.82) is 0 Å². The molecule has 4 nitrogen and oxygen atoms in total. The van der Waals surface area contributed by atoms with Crippen molar-refractivity contribution in [3.63, 3.8) is 0 Å². The van der Waals surface area contributed by atoms with Gasteiger partial charge in [-0.1, -0.05) is 11.6 Å². The number of ether oxygens (including phenoxy) is 1.